The highest BCUT2D eigenvalue weighted by molar-refractivity contribution is 5.83. The van der Waals surface area contributed by atoms with Crippen molar-refractivity contribution in [2.75, 3.05) is 19.5 Å². The van der Waals surface area contributed by atoms with E-state index in [9.17, 15) is 4.39 Å². The van der Waals surface area contributed by atoms with Gasteiger partial charge in [0, 0.05) is 18.5 Å². The highest BCUT2D eigenvalue weighted by Crippen LogP contribution is 2.27. The molecule has 1 aromatic carbocycles. The van der Waals surface area contributed by atoms with E-state index in [-0.39, 0.29) is 11.6 Å². The van der Waals surface area contributed by atoms with Gasteiger partial charge in [0.05, 0.1) is 12.6 Å². The molecule has 4 heteroatoms. The summed E-state index contributed by atoms with van der Waals surface area (Å²) in [6.45, 7) is 2.06. The van der Waals surface area contributed by atoms with Crippen LogP contribution in [-0.4, -0.2) is 19.1 Å². The Morgan fingerprint density at radius 2 is 2.12 bits per heavy atom. The van der Waals surface area contributed by atoms with Crippen LogP contribution in [-0.2, 0) is 6.42 Å². The quantitative estimate of drug-likeness (QED) is 0.886. The molecule has 0 saturated carbocycles. The third kappa shape index (κ3) is 2.02. The number of fused-ring (bicyclic) bond motifs is 1. The van der Waals surface area contributed by atoms with Crippen molar-refractivity contribution in [3.63, 3.8) is 0 Å². The minimum Gasteiger partial charge on any atom is -0.494 e. The molecule has 0 saturated heterocycles. The predicted molar refractivity (Wildman–Crippen MR) is 67.2 cm³/mol. The zero-order chi connectivity index (χ0) is 12.4. The molecule has 1 N–H and O–H groups in total. The van der Waals surface area contributed by atoms with Gasteiger partial charge in [-0.3, -0.25) is 0 Å². The summed E-state index contributed by atoms with van der Waals surface area (Å²) < 4.78 is 18.5. The van der Waals surface area contributed by atoms with Crippen LogP contribution in [0.2, 0.25) is 0 Å². The topological polar surface area (TPSA) is 34.1 Å². The van der Waals surface area contributed by atoms with Crippen LogP contribution in [0, 0.1) is 5.82 Å². The molecule has 0 amide bonds. The SMILES string of the molecule is CCc1cc2cc(OC)c(F)cc2nc1NC. The average molecular weight is 234 g/mol. The molecule has 0 atom stereocenters. The first-order valence-electron chi connectivity index (χ1n) is 5.54. The Hall–Kier alpha value is -1.84. The van der Waals surface area contributed by atoms with E-state index in [2.05, 4.69) is 17.2 Å². The summed E-state index contributed by atoms with van der Waals surface area (Å²) in [5, 5.41) is 3.91. The fourth-order valence-corrected chi connectivity index (χ4v) is 1.86. The first kappa shape index (κ1) is 11.6. The zero-order valence-electron chi connectivity index (χ0n) is 10.2. The van der Waals surface area contributed by atoms with E-state index in [0.717, 1.165) is 23.2 Å². The molecule has 0 aliphatic carbocycles. The summed E-state index contributed by atoms with van der Waals surface area (Å²) in [6, 6.07) is 5.08. The summed E-state index contributed by atoms with van der Waals surface area (Å²) >= 11 is 0. The van der Waals surface area contributed by atoms with Crippen LogP contribution in [0.1, 0.15) is 12.5 Å². The number of aromatic nitrogens is 1. The monoisotopic (exact) mass is 234 g/mol. The molecular weight excluding hydrogens is 219 g/mol. The Balaban J connectivity index is 2.70. The van der Waals surface area contributed by atoms with Crippen LogP contribution >= 0.6 is 0 Å². The van der Waals surface area contributed by atoms with E-state index in [1.165, 1.54) is 13.2 Å². The van der Waals surface area contributed by atoms with E-state index in [0.29, 0.717) is 5.52 Å². The molecule has 0 bridgehead atoms. The van der Waals surface area contributed by atoms with Gasteiger partial charge in [0.2, 0.25) is 0 Å². The first-order valence-corrected chi connectivity index (χ1v) is 5.54. The lowest BCUT2D eigenvalue weighted by Gasteiger charge is -2.10. The number of hydrogen-bond donors (Lipinski definition) is 1. The number of anilines is 1. The number of nitrogens with zero attached hydrogens (tertiary/aromatic N) is 1. The molecule has 0 spiro atoms. The summed E-state index contributed by atoms with van der Waals surface area (Å²) in [5.41, 5.74) is 1.73. The fraction of sp³-hybridized carbons (Fsp3) is 0.308. The van der Waals surface area contributed by atoms with Crippen LogP contribution in [0.15, 0.2) is 18.2 Å². The van der Waals surface area contributed by atoms with Crippen molar-refractivity contribution in [3.05, 3.63) is 29.6 Å². The van der Waals surface area contributed by atoms with Gasteiger partial charge in [-0.25, -0.2) is 9.37 Å². The second kappa shape index (κ2) is 4.57. The summed E-state index contributed by atoms with van der Waals surface area (Å²) in [5.74, 6) is 0.655. The minimum absolute atomic E-state index is 0.249. The van der Waals surface area contributed by atoms with Gasteiger partial charge in [-0.1, -0.05) is 6.92 Å². The molecule has 17 heavy (non-hydrogen) atoms. The number of rotatable bonds is 3. The van der Waals surface area contributed by atoms with Gasteiger partial charge in [-0.2, -0.15) is 0 Å². The lowest BCUT2D eigenvalue weighted by Crippen LogP contribution is -1.99. The van der Waals surface area contributed by atoms with Crippen molar-refractivity contribution in [2.24, 2.45) is 0 Å². The molecule has 2 aromatic rings. The predicted octanol–water partition coefficient (Wildman–Crippen LogP) is 2.99. The van der Waals surface area contributed by atoms with Gasteiger partial charge in [-0.15, -0.1) is 0 Å². The van der Waals surface area contributed by atoms with Crippen molar-refractivity contribution in [3.8, 4) is 5.75 Å². The molecule has 0 aliphatic rings. The highest BCUT2D eigenvalue weighted by Gasteiger charge is 2.09. The molecule has 0 unspecified atom stereocenters. The standard InChI is InChI=1S/C13H15FN2O/c1-4-8-5-9-6-12(17-3)10(14)7-11(9)16-13(8)15-2/h5-7H,4H2,1-3H3,(H,15,16). The Labute approximate surface area is 99.6 Å². The smallest absolute Gasteiger partial charge is 0.167 e. The molecule has 1 aromatic heterocycles. The van der Waals surface area contributed by atoms with E-state index in [1.54, 1.807) is 6.07 Å². The highest BCUT2D eigenvalue weighted by atomic mass is 19.1. The average Bonchev–Trinajstić information content (AvgIpc) is 2.36. The lowest BCUT2D eigenvalue weighted by molar-refractivity contribution is 0.387. The van der Waals surface area contributed by atoms with Gasteiger partial charge < -0.3 is 10.1 Å². The molecule has 90 valence electrons. The number of aryl methyl sites for hydroxylation is 1. The van der Waals surface area contributed by atoms with Crippen molar-refractivity contribution in [1.29, 1.82) is 0 Å². The van der Waals surface area contributed by atoms with Crippen LogP contribution in [0.5, 0.6) is 5.75 Å². The number of ether oxygens (including phenoxy) is 1. The van der Waals surface area contributed by atoms with Crippen molar-refractivity contribution < 1.29 is 9.13 Å². The fourth-order valence-electron chi connectivity index (χ4n) is 1.86. The largest absolute Gasteiger partial charge is 0.494 e. The van der Waals surface area contributed by atoms with Gasteiger partial charge in [-0.05, 0) is 24.1 Å². The summed E-state index contributed by atoms with van der Waals surface area (Å²) in [4.78, 5) is 4.39. The van der Waals surface area contributed by atoms with E-state index in [4.69, 9.17) is 4.74 Å². The second-order valence-electron chi connectivity index (χ2n) is 3.78. The molecule has 0 fully saturated rings. The van der Waals surface area contributed by atoms with Crippen LogP contribution in [0.3, 0.4) is 0 Å². The van der Waals surface area contributed by atoms with Crippen molar-refractivity contribution in [2.45, 2.75) is 13.3 Å². The van der Waals surface area contributed by atoms with Gasteiger partial charge in [0.1, 0.15) is 5.82 Å². The molecule has 2 rings (SSSR count). The Kier molecular flexibility index (Phi) is 3.13. The number of halogens is 1. The maximum Gasteiger partial charge on any atom is 0.167 e. The Bertz CT molecular complexity index is 555. The molecule has 0 aliphatic heterocycles. The maximum absolute atomic E-state index is 13.6. The minimum atomic E-state index is -0.390. The molecular formula is C13H15FN2O. The third-order valence-electron chi connectivity index (χ3n) is 2.78. The Morgan fingerprint density at radius 1 is 1.35 bits per heavy atom. The first-order chi connectivity index (χ1) is 8.19. The van der Waals surface area contributed by atoms with Gasteiger partial charge >= 0.3 is 0 Å². The molecule has 1 heterocycles. The lowest BCUT2D eigenvalue weighted by atomic mass is 10.1. The molecule has 0 radical (unpaired) electrons. The Morgan fingerprint density at radius 3 is 2.71 bits per heavy atom. The van der Waals surface area contributed by atoms with Gasteiger partial charge in [0.25, 0.3) is 0 Å². The van der Waals surface area contributed by atoms with Crippen molar-refractivity contribution in [1.82, 2.24) is 4.98 Å². The van der Waals surface area contributed by atoms with E-state index < -0.39 is 0 Å². The second-order valence-corrected chi connectivity index (χ2v) is 3.78. The number of nitrogens with one attached hydrogen (secondary N) is 1. The number of pyridine rings is 1. The maximum atomic E-state index is 13.6. The van der Waals surface area contributed by atoms with Crippen molar-refractivity contribution >= 4 is 16.7 Å². The molecule has 3 nitrogen and oxygen atoms in total. The number of methoxy groups -OCH3 is 1. The van der Waals surface area contributed by atoms with Crippen LogP contribution in [0.4, 0.5) is 10.2 Å². The number of hydrogen-bond acceptors (Lipinski definition) is 3. The number of benzene rings is 1. The third-order valence-corrected chi connectivity index (χ3v) is 2.78. The van der Waals surface area contributed by atoms with E-state index >= 15 is 0 Å². The summed E-state index contributed by atoms with van der Waals surface area (Å²) in [7, 11) is 3.27. The summed E-state index contributed by atoms with van der Waals surface area (Å²) in [6.07, 6.45) is 0.874. The van der Waals surface area contributed by atoms with Crippen LogP contribution in [0.25, 0.3) is 10.9 Å². The zero-order valence-corrected chi connectivity index (χ0v) is 10.2. The van der Waals surface area contributed by atoms with Gasteiger partial charge in [0.15, 0.2) is 11.6 Å². The van der Waals surface area contributed by atoms with E-state index in [1.807, 2.05) is 13.1 Å². The van der Waals surface area contributed by atoms with Crippen LogP contribution < -0.4 is 10.1 Å². The normalized spacial score (nSPS) is 10.6.